The second-order valence-corrected chi connectivity index (χ2v) is 10.7. The van der Waals surface area contributed by atoms with Crippen molar-refractivity contribution in [2.24, 2.45) is 5.92 Å². The minimum atomic E-state index is -0.630. The van der Waals surface area contributed by atoms with Crippen molar-refractivity contribution in [1.29, 1.82) is 0 Å². The number of anilines is 2. The molecule has 0 aliphatic carbocycles. The molecular weight excluding hydrogens is 496 g/mol. The zero-order valence-electron chi connectivity index (χ0n) is 23.4. The molecule has 4 aromatic rings. The molecule has 7 nitrogen and oxygen atoms in total. The third kappa shape index (κ3) is 5.50. The van der Waals surface area contributed by atoms with Crippen LogP contribution in [0.3, 0.4) is 0 Å². The zero-order chi connectivity index (χ0) is 27.7. The number of piperidine rings is 1. The number of aromatic nitrogens is 5. The maximum Gasteiger partial charge on any atom is 0.229 e. The fraction of sp³-hybridized carbons (Fsp3) is 0.467. The fourth-order valence-corrected chi connectivity index (χ4v) is 6.01. The number of fused-ring (bicyclic) bond motifs is 1. The van der Waals surface area contributed by atoms with E-state index in [4.69, 9.17) is 0 Å². The lowest BCUT2D eigenvalue weighted by Gasteiger charge is -2.35. The molecule has 5 rings (SSSR count). The predicted octanol–water partition coefficient (Wildman–Crippen LogP) is 7.02. The Morgan fingerprint density at radius 2 is 1.77 bits per heavy atom. The molecule has 4 heterocycles. The summed E-state index contributed by atoms with van der Waals surface area (Å²) in [6.07, 6.45) is 6.52. The average molecular weight is 534 g/mol. The predicted molar refractivity (Wildman–Crippen MR) is 151 cm³/mol. The van der Waals surface area contributed by atoms with E-state index in [0.29, 0.717) is 34.6 Å². The monoisotopic (exact) mass is 533 g/mol. The molecule has 0 saturated carbocycles. The second-order valence-electron chi connectivity index (χ2n) is 10.7. The van der Waals surface area contributed by atoms with E-state index in [9.17, 15) is 4.39 Å². The van der Waals surface area contributed by atoms with Crippen LogP contribution in [0.15, 0.2) is 36.7 Å². The summed E-state index contributed by atoms with van der Waals surface area (Å²) in [5.41, 5.74) is 2.45. The summed E-state index contributed by atoms with van der Waals surface area (Å²) in [7, 11) is 0. The number of nitrogens with one attached hydrogen (secondary N) is 1. The zero-order valence-corrected chi connectivity index (χ0v) is 23.4. The molecular formula is C30H37F2N7. The van der Waals surface area contributed by atoms with E-state index >= 15 is 4.39 Å². The van der Waals surface area contributed by atoms with Crippen molar-refractivity contribution in [3.05, 3.63) is 59.7 Å². The standard InChI is InChI=1S/C30H37F2N7/c1-6-23(20-10-12-38(7-2)13-11-20)21-8-9-27(33-16-21)36-30-34-17-25(32)28(37-30)22-14-24(31)29-26(15-22)39(18(3)4)19(5)35-29/h8-9,14-18,20,23H,6-7,10-13H2,1-5H3,(H,33,34,36,37)/t23-/m1/s1. The van der Waals surface area contributed by atoms with Crippen LogP contribution < -0.4 is 5.32 Å². The number of hydrogen-bond acceptors (Lipinski definition) is 6. The average Bonchev–Trinajstić information content (AvgIpc) is 3.28. The Kier molecular flexibility index (Phi) is 7.88. The maximum absolute atomic E-state index is 15.0. The van der Waals surface area contributed by atoms with Gasteiger partial charge in [0.2, 0.25) is 5.95 Å². The molecule has 1 N–H and O–H groups in total. The molecule has 9 heteroatoms. The van der Waals surface area contributed by atoms with Crippen molar-refractivity contribution in [3.8, 4) is 11.3 Å². The summed E-state index contributed by atoms with van der Waals surface area (Å²) in [5.74, 6) is 1.46. The Bertz CT molecular complexity index is 1440. The van der Waals surface area contributed by atoms with Crippen molar-refractivity contribution in [2.75, 3.05) is 25.0 Å². The molecule has 1 atom stereocenters. The van der Waals surface area contributed by atoms with E-state index in [1.807, 2.05) is 37.6 Å². The third-order valence-electron chi connectivity index (χ3n) is 8.00. The van der Waals surface area contributed by atoms with Gasteiger partial charge in [-0.1, -0.05) is 19.9 Å². The van der Waals surface area contributed by atoms with Gasteiger partial charge in [0.05, 0.1) is 11.7 Å². The van der Waals surface area contributed by atoms with Crippen molar-refractivity contribution in [1.82, 2.24) is 29.4 Å². The number of aryl methyl sites for hydroxylation is 1. The van der Waals surface area contributed by atoms with Crippen molar-refractivity contribution in [3.63, 3.8) is 0 Å². The Hall–Kier alpha value is -3.46. The summed E-state index contributed by atoms with van der Waals surface area (Å²) < 4.78 is 31.8. The second kappa shape index (κ2) is 11.3. The third-order valence-corrected chi connectivity index (χ3v) is 8.00. The number of halogens is 2. The van der Waals surface area contributed by atoms with E-state index in [2.05, 4.69) is 50.1 Å². The van der Waals surface area contributed by atoms with Gasteiger partial charge >= 0.3 is 0 Å². The van der Waals surface area contributed by atoms with Crippen molar-refractivity contribution < 1.29 is 8.78 Å². The number of pyridine rings is 1. The fourth-order valence-electron chi connectivity index (χ4n) is 6.01. The van der Waals surface area contributed by atoms with Crippen LogP contribution in [0.5, 0.6) is 0 Å². The summed E-state index contributed by atoms with van der Waals surface area (Å²) in [6.45, 7) is 13.7. The van der Waals surface area contributed by atoms with Gasteiger partial charge in [-0.2, -0.15) is 0 Å². The molecule has 206 valence electrons. The molecule has 3 aromatic heterocycles. The van der Waals surface area contributed by atoms with Gasteiger partial charge in [-0.05, 0) is 95.3 Å². The molecule has 1 aromatic carbocycles. The van der Waals surface area contributed by atoms with Gasteiger partial charge in [0, 0.05) is 17.8 Å². The molecule has 1 fully saturated rings. The number of nitrogens with zero attached hydrogens (tertiary/aromatic N) is 6. The van der Waals surface area contributed by atoms with Crippen LogP contribution in [0.4, 0.5) is 20.5 Å². The van der Waals surface area contributed by atoms with Crippen LogP contribution in [0, 0.1) is 24.5 Å². The Morgan fingerprint density at radius 3 is 2.41 bits per heavy atom. The first-order valence-electron chi connectivity index (χ1n) is 13.9. The largest absolute Gasteiger partial charge is 0.326 e. The van der Waals surface area contributed by atoms with E-state index in [0.717, 1.165) is 32.3 Å². The van der Waals surface area contributed by atoms with Crippen LogP contribution in [0.25, 0.3) is 22.3 Å². The SMILES string of the molecule is CC[C@@H](c1ccc(Nc2ncc(F)c(-c3cc(F)c4nc(C)n(C(C)C)c4c3)n2)nc1)C1CCN(CC)CC1. The molecule has 1 aliphatic heterocycles. The number of likely N-dealkylation sites (tertiary alicyclic amines) is 1. The van der Waals surface area contributed by atoms with Gasteiger partial charge in [-0.15, -0.1) is 0 Å². The lowest BCUT2D eigenvalue weighted by molar-refractivity contribution is 0.173. The number of hydrogen-bond donors (Lipinski definition) is 1. The topological polar surface area (TPSA) is 71.8 Å². The van der Waals surface area contributed by atoms with Gasteiger partial charge < -0.3 is 14.8 Å². The Labute approximate surface area is 228 Å². The highest BCUT2D eigenvalue weighted by atomic mass is 19.1. The summed E-state index contributed by atoms with van der Waals surface area (Å²) in [4.78, 5) is 20.0. The quantitative estimate of drug-likeness (QED) is 0.262. The van der Waals surface area contributed by atoms with E-state index < -0.39 is 11.6 Å². The van der Waals surface area contributed by atoms with Crippen LogP contribution in [0.2, 0.25) is 0 Å². The van der Waals surface area contributed by atoms with Gasteiger partial charge in [0.25, 0.3) is 0 Å². The Balaban J connectivity index is 1.38. The van der Waals surface area contributed by atoms with Crippen molar-refractivity contribution >= 4 is 22.8 Å². The number of imidazole rings is 1. The van der Waals surface area contributed by atoms with Crippen LogP contribution in [-0.2, 0) is 0 Å². The molecule has 0 amide bonds. The number of benzene rings is 1. The molecule has 0 unspecified atom stereocenters. The number of rotatable bonds is 8. The molecule has 0 radical (unpaired) electrons. The van der Waals surface area contributed by atoms with Gasteiger partial charge in [0.1, 0.15) is 22.9 Å². The lowest BCUT2D eigenvalue weighted by Crippen LogP contribution is -2.35. The summed E-state index contributed by atoms with van der Waals surface area (Å²) in [5, 5.41) is 3.09. The van der Waals surface area contributed by atoms with Crippen LogP contribution in [0.1, 0.15) is 70.3 Å². The minimum absolute atomic E-state index is 0.0172. The van der Waals surface area contributed by atoms with Gasteiger partial charge in [-0.25, -0.2) is 28.7 Å². The molecule has 0 bridgehead atoms. The first kappa shape index (κ1) is 27.1. The highest BCUT2D eigenvalue weighted by molar-refractivity contribution is 5.83. The maximum atomic E-state index is 15.0. The molecule has 0 spiro atoms. The first-order valence-corrected chi connectivity index (χ1v) is 13.9. The highest BCUT2D eigenvalue weighted by Crippen LogP contribution is 2.35. The van der Waals surface area contributed by atoms with Crippen LogP contribution in [-0.4, -0.2) is 49.0 Å². The van der Waals surface area contributed by atoms with E-state index in [1.165, 1.54) is 24.5 Å². The smallest absolute Gasteiger partial charge is 0.229 e. The summed E-state index contributed by atoms with van der Waals surface area (Å²) in [6, 6.07) is 7.11. The normalized spacial score (nSPS) is 15.8. The first-order chi connectivity index (χ1) is 18.8. The van der Waals surface area contributed by atoms with Crippen molar-refractivity contribution in [2.45, 2.75) is 65.8 Å². The molecule has 39 heavy (non-hydrogen) atoms. The lowest BCUT2D eigenvalue weighted by atomic mass is 9.79. The van der Waals surface area contributed by atoms with E-state index in [1.54, 1.807) is 6.07 Å². The molecule has 1 saturated heterocycles. The van der Waals surface area contributed by atoms with Gasteiger partial charge in [0.15, 0.2) is 11.6 Å². The summed E-state index contributed by atoms with van der Waals surface area (Å²) >= 11 is 0. The van der Waals surface area contributed by atoms with Gasteiger partial charge in [-0.3, -0.25) is 0 Å². The highest BCUT2D eigenvalue weighted by Gasteiger charge is 2.26. The molecule has 1 aliphatic rings. The minimum Gasteiger partial charge on any atom is -0.326 e. The van der Waals surface area contributed by atoms with E-state index in [-0.39, 0.29) is 23.2 Å². The Morgan fingerprint density at radius 1 is 1.00 bits per heavy atom. The van der Waals surface area contributed by atoms with Crippen LogP contribution >= 0.6 is 0 Å².